The van der Waals surface area contributed by atoms with E-state index in [1.54, 1.807) is 11.1 Å². The summed E-state index contributed by atoms with van der Waals surface area (Å²) in [4.78, 5) is 20.1. The van der Waals surface area contributed by atoms with E-state index >= 15 is 0 Å². The molecule has 1 aromatic rings. The molecule has 1 fully saturated rings. The zero-order valence-electron chi connectivity index (χ0n) is 10.9. The van der Waals surface area contributed by atoms with Gasteiger partial charge in [-0.05, 0) is 18.6 Å². The number of rotatable bonds is 3. The van der Waals surface area contributed by atoms with E-state index in [2.05, 4.69) is 16.8 Å². The van der Waals surface area contributed by atoms with Gasteiger partial charge in [-0.2, -0.15) is 0 Å². The maximum atomic E-state index is 12.1. The largest absolute Gasteiger partial charge is 0.343 e. The van der Waals surface area contributed by atoms with Gasteiger partial charge in [0.2, 0.25) is 5.91 Å². The predicted octanol–water partition coefficient (Wildman–Crippen LogP) is 0.0714. The van der Waals surface area contributed by atoms with Crippen molar-refractivity contribution in [1.29, 1.82) is 0 Å². The molecule has 5 nitrogen and oxygen atoms in total. The zero-order chi connectivity index (χ0) is 13.1. The second-order valence-electron chi connectivity index (χ2n) is 4.85. The summed E-state index contributed by atoms with van der Waals surface area (Å²) in [7, 11) is 1.84. The first kappa shape index (κ1) is 13.0. The van der Waals surface area contributed by atoms with Crippen LogP contribution >= 0.6 is 0 Å². The third-order valence-electron chi connectivity index (χ3n) is 3.48. The van der Waals surface area contributed by atoms with Crippen molar-refractivity contribution >= 4 is 5.91 Å². The summed E-state index contributed by atoms with van der Waals surface area (Å²) >= 11 is 0. The smallest absolute Gasteiger partial charge is 0.241 e. The molecule has 1 aliphatic rings. The first-order chi connectivity index (χ1) is 8.63. The Morgan fingerprint density at radius 2 is 2.33 bits per heavy atom. The molecule has 5 heteroatoms. The maximum Gasteiger partial charge on any atom is 0.241 e. The van der Waals surface area contributed by atoms with Crippen molar-refractivity contribution in [3.05, 3.63) is 30.1 Å². The van der Waals surface area contributed by atoms with Gasteiger partial charge in [-0.3, -0.25) is 14.7 Å². The molecule has 1 aliphatic heterocycles. The number of likely N-dealkylation sites (N-methyl/N-ethyl adjacent to an activating group) is 1. The zero-order valence-corrected chi connectivity index (χ0v) is 10.9. The van der Waals surface area contributed by atoms with Gasteiger partial charge in [0.15, 0.2) is 0 Å². The molecular formula is C13H20N4O. The van der Waals surface area contributed by atoms with Crippen LogP contribution in [0.15, 0.2) is 24.5 Å². The maximum absolute atomic E-state index is 12.1. The SMILES string of the molecule is CC1CN(C)C(=O)C(CN)N1Cc1cccnc1. The van der Waals surface area contributed by atoms with E-state index in [-0.39, 0.29) is 11.9 Å². The quantitative estimate of drug-likeness (QED) is 0.822. The van der Waals surface area contributed by atoms with Crippen LogP contribution in [0.4, 0.5) is 0 Å². The number of nitrogens with two attached hydrogens (primary N) is 1. The molecule has 0 spiro atoms. The van der Waals surface area contributed by atoms with Gasteiger partial charge in [-0.15, -0.1) is 0 Å². The Balaban J connectivity index is 2.16. The highest BCUT2D eigenvalue weighted by molar-refractivity contribution is 5.82. The van der Waals surface area contributed by atoms with Gasteiger partial charge in [0.25, 0.3) is 0 Å². The highest BCUT2D eigenvalue weighted by atomic mass is 16.2. The highest BCUT2D eigenvalue weighted by Crippen LogP contribution is 2.18. The lowest BCUT2D eigenvalue weighted by Gasteiger charge is -2.43. The third kappa shape index (κ3) is 2.52. The molecule has 0 saturated carbocycles. The van der Waals surface area contributed by atoms with Crippen molar-refractivity contribution in [3.63, 3.8) is 0 Å². The second kappa shape index (κ2) is 5.46. The van der Waals surface area contributed by atoms with Crippen LogP contribution in [0.1, 0.15) is 12.5 Å². The summed E-state index contributed by atoms with van der Waals surface area (Å²) in [5.74, 6) is 0.111. The number of hydrogen-bond donors (Lipinski definition) is 1. The molecule has 0 radical (unpaired) electrons. The average molecular weight is 248 g/mol. The monoisotopic (exact) mass is 248 g/mol. The van der Waals surface area contributed by atoms with Crippen LogP contribution in [0.2, 0.25) is 0 Å². The Morgan fingerprint density at radius 1 is 1.56 bits per heavy atom. The number of hydrogen-bond acceptors (Lipinski definition) is 4. The minimum Gasteiger partial charge on any atom is -0.343 e. The molecular weight excluding hydrogens is 228 g/mol. The minimum absolute atomic E-state index is 0.111. The first-order valence-corrected chi connectivity index (χ1v) is 6.23. The molecule has 0 aliphatic carbocycles. The van der Waals surface area contributed by atoms with Crippen molar-refractivity contribution < 1.29 is 4.79 Å². The van der Waals surface area contributed by atoms with E-state index < -0.39 is 0 Å². The lowest BCUT2D eigenvalue weighted by atomic mass is 10.1. The topological polar surface area (TPSA) is 62.5 Å². The molecule has 2 N–H and O–H groups in total. The molecule has 1 aromatic heterocycles. The standard InChI is InChI=1S/C13H20N4O/c1-10-8-16(2)13(18)12(6-14)17(10)9-11-4-3-5-15-7-11/h3-5,7,10,12H,6,8-9,14H2,1-2H3. The van der Waals surface area contributed by atoms with Crippen LogP contribution in [0, 0.1) is 0 Å². The molecule has 2 rings (SSSR count). The Hall–Kier alpha value is -1.46. The van der Waals surface area contributed by atoms with Crippen LogP contribution < -0.4 is 5.73 Å². The van der Waals surface area contributed by atoms with E-state index in [4.69, 9.17) is 5.73 Å². The van der Waals surface area contributed by atoms with Gasteiger partial charge >= 0.3 is 0 Å². The molecule has 0 bridgehead atoms. The Bertz CT molecular complexity index is 409. The fraction of sp³-hybridized carbons (Fsp3) is 0.538. The van der Waals surface area contributed by atoms with Gasteiger partial charge in [0.1, 0.15) is 6.04 Å². The van der Waals surface area contributed by atoms with E-state index in [9.17, 15) is 4.79 Å². The van der Waals surface area contributed by atoms with Gasteiger partial charge in [-0.1, -0.05) is 6.07 Å². The van der Waals surface area contributed by atoms with Crippen molar-refractivity contribution in [2.24, 2.45) is 5.73 Å². The Morgan fingerprint density at radius 3 is 2.94 bits per heavy atom. The number of aromatic nitrogens is 1. The van der Waals surface area contributed by atoms with Gasteiger partial charge in [0, 0.05) is 45.1 Å². The lowest BCUT2D eigenvalue weighted by molar-refractivity contribution is -0.142. The summed E-state index contributed by atoms with van der Waals surface area (Å²) in [5, 5.41) is 0. The van der Waals surface area contributed by atoms with Crippen LogP contribution in [0.25, 0.3) is 0 Å². The summed E-state index contributed by atoms with van der Waals surface area (Å²) < 4.78 is 0. The molecule has 18 heavy (non-hydrogen) atoms. The normalized spacial score (nSPS) is 25.5. The summed E-state index contributed by atoms with van der Waals surface area (Å²) in [6.07, 6.45) is 3.59. The van der Waals surface area contributed by atoms with Crippen molar-refractivity contribution in [2.45, 2.75) is 25.6 Å². The molecule has 98 valence electrons. The van der Waals surface area contributed by atoms with Gasteiger partial charge < -0.3 is 10.6 Å². The van der Waals surface area contributed by atoms with Gasteiger partial charge in [-0.25, -0.2) is 0 Å². The fourth-order valence-electron chi connectivity index (χ4n) is 2.50. The molecule has 1 saturated heterocycles. The highest BCUT2D eigenvalue weighted by Gasteiger charge is 2.36. The van der Waals surface area contributed by atoms with E-state index in [0.717, 1.165) is 18.7 Å². The van der Waals surface area contributed by atoms with Crippen molar-refractivity contribution in [1.82, 2.24) is 14.8 Å². The van der Waals surface area contributed by atoms with Crippen molar-refractivity contribution in [2.75, 3.05) is 20.1 Å². The lowest BCUT2D eigenvalue weighted by Crippen LogP contribution is -2.61. The van der Waals surface area contributed by atoms with E-state index in [0.29, 0.717) is 12.6 Å². The van der Waals surface area contributed by atoms with E-state index in [1.165, 1.54) is 0 Å². The van der Waals surface area contributed by atoms with Crippen LogP contribution in [0.3, 0.4) is 0 Å². The summed E-state index contributed by atoms with van der Waals surface area (Å²) in [5.41, 5.74) is 6.87. The molecule has 2 atom stereocenters. The third-order valence-corrected chi connectivity index (χ3v) is 3.48. The van der Waals surface area contributed by atoms with Crippen LogP contribution in [-0.2, 0) is 11.3 Å². The van der Waals surface area contributed by atoms with E-state index in [1.807, 2.05) is 25.4 Å². The summed E-state index contributed by atoms with van der Waals surface area (Å²) in [6.45, 7) is 3.95. The second-order valence-corrected chi connectivity index (χ2v) is 4.85. The predicted molar refractivity (Wildman–Crippen MR) is 69.7 cm³/mol. The fourth-order valence-corrected chi connectivity index (χ4v) is 2.50. The van der Waals surface area contributed by atoms with Crippen LogP contribution in [0.5, 0.6) is 0 Å². The van der Waals surface area contributed by atoms with Crippen molar-refractivity contribution in [3.8, 4) is 0 Å². The molecule has 1 amide bonds. The van der Waals surface area contributed by atoms with Gasteiger partial charge in [0.05, 0.1) is 0 Å². The Labute approximate surface area is 108 Å². The number of amides is 1. The molecule has 2 unspecified atom stereocenters. The number of carbonyl (C=O) groups is 1. The van der Waals surface area contributed by atoms with Crippen LogP contribution in [-0.4, -0.2) is 52.9 Å². The first-order valence-electron chi connectivity index (χ1n) is 6.23. The molecule has 0 aromatic carbocycles. The minimum atomic E-state index is -0.223. The number of carbonyl (C=O) groups excluding carboxylic acids is 1. The molecule has 2 heterocycles. The number of pyridine rings is 1. The number of piperazine rings is 1. The Kier molecular flexibility index (Phi) is 3.93. The average Bonchev–Trinajstić information content (AvgIpc) is 2.37. The number of nitrogens with zero attached hydrogens (tertiary/aromatic N) is 3. The summed E-state index contributed by atoms with van der Waals surface area (Å²) in [6, 6.07) is 4.02.